The van der Waals surface area contributed by atoms with Crippen LogP contribution in [-0.4, -0.2) is 52.7 Å². The van der Waals surface area contributed by atoms with Crippen molar-refractivity contribution in [3.05, 3.63) is 78.5 Å². The Morgan fingerprint density at radius 3 is 2.76 bits per heavy atom. The second kappa shape index (κ2) is 9.37. The van der Waals surface area contributed by atoms with Crippen molar-refractivity contribution in [3.8, 4) is 0 Å². The van der Waals surface area contributed by atoms with Crippen LogP contribution in [0.1, 0.15) is 28.9 Å². The van der Waals surface area contributed by atoms with Gasteiger partial charge in [0.1, 0.15) is 5.65 Å². The van der Waals surface area contributed by atoms with Crippen molar-refractivity contribution in [1.29, 1.82) is 0 Å². The van der Waals surface area contributed by atoms with Crippen LogP contribution in [0.3, 0.4) is 0 Å². The number of carbonyl (C=O) groups excluding carboxylic acids is 1. The minimum Gasteiger partial charge on any atom is -0.377 e. The Kier molecular flexibility index (Phi) is 6.14. The molecule has 1 saturated heterocycles. The molecular weight excluding hydrogens is 456 g/mol. The van der Waals surface area contributed by atoms with Crippen LogP contribution in [0.4, 0.5) is 5.69 Å². The van der Waals surface area contributed by atoms with E-state index in [4.69, 9.17) is 4.74 Å². The fourth-order valence-electron chi connectivity index (χ4n) is 3.82. The molecule has 1 aromatic carbocycles. The SMILES string of the molecule is O=C(Nc1cnn(Cc2cn3ccccc3n2)c1)c1ccc(S(=O)(=O)NCC2CCCO2)cc1. The summed E-state index contributed by atoms with van der Waals surface area (Å²) in [5.74, 6) is -0.358. The van der Waals surface area contributed by atoms with Crippen molar-refractivity contribution >= 4 is 27.3 Å². The molecule has 0 saturated carbocycles. The number of rotatable bonds is 8. The van der Waals surface area contributed by atoms with E-state index in [0.717, 1.165) is 24.2 Å². The average molecular weight is 481 g/mol. The molecule has 1 fully saturated rings. The molecule has 0 spiro atoms. The molecule has 1 aliphatic heterocycles. The summed E-state index contributed by atoms with van der Waals surface area (Å²) in [7, 11) is -3.67. The summed E-state index contributed by atoms with van der Waals surface area (Å²) >= 11 is 0. The van der Waals surface area contributed by atoms with Crippen molar-refractivity contribution < 1.29 is 17.9 Å². The summed E-state index contributed by atoms with van der Waals surface area (Å²) in [5.41, 5.74) is 2.57. The lowest BCUT2D eigenvalue weighted by molar-refractivity contribution is 0.102. The maximum absolute atomic E-state index is 12.6. The minimum atomic E-state index is -3.67. The Hall–Kier alpha value is -3.54. The Bertz CT molecular complexity index is 1370. The van der Waals surface area contributed by atoms with E-state index in [9.17, 15) is 13.2 Å². The number of amides is 1. The number of nitrogens with one attached hydrogen (secondary N) is 2. The highest BCUT2D eigenvalue weighted by molar-refractivity contribution is 7.89. The lowest BCUT2D eigenvalue weighted by Gasteiger charge is -2.11. The van der Waals surface area contributed by atoms with Crippen LogP contribution in [0, 0.1) is 0 Å². The fraction of sp³-hybridized carbons (Fsp3) is 0.261. The average Bonchev–Trinajstić information content (AvgIpc) is 3.59. The van der Waals surface area contributed by atoms with Gasteiger partial charge in [0.25, 0.3) is 5.91 Å². The quantitative estimate of drug-likeness (QED) is 0.399. The Balaban J connectivity index is 1.19. The standard InChI is InChI=1S/C23H24N6O4S/c30-23(17-6-8-21(9-7-17)34(31,32)25-13-20-4-3-11-33-20)27-18-12-24-29(15-18)16-19-14-28-10-2-1-5-22(28)26-19/h1-2,5-10,12,14-15,20,25H,3-4,11,13,16H2,(H,27,30). The van der Waals surface area contributed by atoms with Crippen LogP contribution in [0.15, 0.2) is 72.1 Å². The Morgan fingerprint density at radius 2 is 2.00 bits per heavy atom. The Labute approximate surface area is 196 Å². The van der Waals surface area contributed by atoms with E-state index in [1.165, 1.54) is 24.3 Å². The third-order valence-electron chi connectivity index (χ3n) is 5.58. The molecule has 176 valence electrons. The van der Waals surface area contributed by atoms with Crippen LogP contribution in [-0.2, 0) is 21.3 Å². The van der Waals surface area contributed by atoms with E-state index >= 15 is 0 Å². The number of carbonyl (C=O) groups is 1. The first-order valence-corrected chi connectivity index (χ1v) is 12.4. The summed E-state index contributed by atoms with van der Waals surface area (Å²) in [6, 6.07) is 11.6. The van der Waals surface area contributed by atoms with E-state index in [0.29, 0.717) is 24.4 Å². The molecular formula is C23H24N6O4S. The first-order valence-electron chi connectivity index (χ1n) is 10.9. The van der Waals surface area contributed by atoms with Gasteiger partial charge in [-0.3, -0.25) is 9.48 Å². The van der Waals surface area contributed by atoms with Crippen molar-refractivity contribution in [2.75, 3.05) is 18.5 Å². The number of imidazole rings is 1. The van der Waals surface area contributed by atoms with E-state index in [1.807, 2.05) is 35.0 Å². The van der Waals surface area contributed by atoms with Crippen LogP contribution in [0.2, 0.25) is 0 Å². The summed E-state index contributed by atoms with van der Waals surface area (Å²) in [6.07, 6.45) is 8.83. The van der Waals surface area contributed by atoms with Gasteiger partial charge in [-0.1, -0.05) is 6.07 Å². The number of aromatic nitrogens is 4. The summed E-state index contributed by atoms with van der Waals surface area (Å²) in [6.45, 7) is 1.36. The lowest BCUT2D eigenvalue weighted by Crippen LogP contribution is -2.31. The van der Waals surface area contributed by atoms with Crippen LogP contribution < -0.4 is 10.0 Å². The molecule has 4 heterocycles. The van der Waals surface area contributed by atoms with Gasteiger partial charge in [0.2, 0.25) is 10.0 Å². The highest BCUT2D eigenvalue weighted by atomic mass is 32.2. The minimum absolute atomic E-state index is 0.0894. The molecule has 1 unspecified atom stereocenters. The largest absolute Gasteiger partial charge is 0.377 e. The molecule has 34 heavy (non-hydrogen) atoms. The third-order valence-corrected chi connectivity index (χ3v) is 7.02. The maximum atomic E-state index is 12.6. The highest BCUT2D eigenvalue weighted by Gasteiger charge is 2.20. The fourth-order valence-corrected chi connectivity index (χ4v) is 4.89. The predicted molar refractivity (Wildman–Crippen MR) is 125 cm³/mol. The van der Waals surface area contributed by atoms with Gasteiger partial charge in [-0.25, -0.2) is 18.1 Å². The van der Waals surface area contributed by atoms with Crippen molar-refractivity contribution in [2.24, 2.45) is 0 Å². The first-order chi connectivity index (χ1) is 16.5. The zero-order valence-corrected chi connectivity index (χ0v) is 19.1. The van der Waals surface area contributed by atoms with Gasteiger partial charge in [0, 0.05) is 37.3 Å². The molecule has 11 heteroatoms. The van der Waals surface area contributed by atoms with Gasteiger partial charge in [-0.2, -0.15) is 5.10 Å². The molecule has 1 atom stereocenters. The number of nitrogens with zero attached hydrogens (tertiary/aromatic N) is 4. The van der Waals surface area contributed by atoms with Crippen LogP contribution >= 0.6 is 0 Å². The normalized spacial score (nSPS) is 16.2. The second-order valence-electron chi connectivity index (χ2n) is 8.09. The number of anilines is 1. The summed E-state index contributed by atoms with van der Waals surface area (Å²) in [4.78, 5) is 17.3. The van der Waals surface area contributed by atoms with E-state index < -0.39 is 10.0 Å². The van der Waals surface area contributed by atoms with Gasteiger partial charge in [-0.15, -0.1) is 0 Å². The molecule has 10 nitrogen and oxygen atoms in total. The number of benzene rings is 1. The van der Waals surface area contributed by atoms with Crippen LogP contribution in [0.25, 0.3) is 5.65 Å². The molecule has 1 aliphatic rings. The molecule has 3 aromatic heterocycles. The number of hydrogen-bond donors (Lipinski definition) is 2. The molecule has 4 aromatic rings. The molecule has 0 radical (unpaired) electrons. The predicted octanol–water partition coefficient (Wildman–Crippen LogP) is 2.29. The van der Waals surface area contributed by atoms with E-state index in [1.54, 1.807) is 17.1 Å². The highest BCUT2D eigenvalue weighted by Crippen LogP contribution is 2.15. The smallest absolute Gasteiger partial charge is 0.255 e. The van der Waals surface area contributed by atoms with E-state index in [-0.39, 0.29) is 23.5 Å². The number of pyridine rings is 1. The molecule has 2 N–H and O–H groups in total. The Morgan fingerprint density at radius 1 is 1.15 bits per heavy atom. The third kappa shape index (κ3) is 5.01. The molecule has 5 rings (SSSR count). The number of ether oxygens (including phenoxy) is 1. The van der Waals surface area contributed by atoms with Gasteiger partial charge in [0.05, 0.1) is 35.1 Å². The van der Waals surface area contributed by atoms with Crippen molar-refractivity contribution in [2.45, 2.75) is 30.4 Å². The summed E-state index contributed by atoms with van der Waals surface area (Å²) in [5, 5.41) is 7.06. The topological polar surface area (TPSA) is 120 Å². The van der Waals surface area contributed by atoms with Gasteiger partial charge >= 0.3 is 0 Å². The van der Waals surface area contributed by atoms with Crippen molar-refractivity contribution in [3.63, 3.8) is 0 Å². The molecule has 0 bridgehead atoms. The number of sulfonamides is 1. The van der Waals surface area contributed by atoms with Gasteiger partial charge in [-0.05, 0) is 49.2 Å². The first kappa shape index (κ1) is 22.3. The molecule has 1 amide bonds. The number of fused-ring (bicyclic) bond motifs is 1. The zero-order chi connectivity index (χ0) is 23.5. The number of hydrogen-bond acceptors (Lipinski definition) is 6. The van der Waals surface area contributed by atoms with Gasteiger partial charge in [0.15, 0.2) is 0 Å². The maximum Gasteiger partial charge on any atom is 0.255 e. The molecule has 0 aliphatic carbocycles. The van der Waals surface area contributed by atoms with Gasteiger partial charge < -0.3 is 14.5 Å². The lowest BCUT2D eigenvalue weighted by atomic mass is 10.2. The monoisotopic (exact) mass is 480 g/mol. The second-order valence-corrected chi connectivity index (χ2v) is 9.86. The zero-order valence-electron chi connectivity index (χ0n) is 18.3. The van der Waals surface area contributed by atoms with E-state index in [2.05, 4.69) is 20.1 Å². The summed E-state index contributed by atoms with van der Waals surface area (Å²) < 4.78 is 36.6. The van der Waals surface area contributed by atoms with Crippen LogP contribution in [0.5, 0.6) is 0 Å². The van der Waals surface area contributed by atoms with Crippen molar-refractivity contribution in [1.82, 2.24) is 23.9 Å².